The van der Waals surface area contributed by atoms with Crippen molar-refractivity contribution >= 4 is 5.78 Å². The van der Waals surface area contributed by atoms with Gasteiger partial charge < -0.3 is 14.2 Å². The Bertz CT molecular complexity index is 552. The van der Waals surface area contributed by atoms with Crippen molar-refractivity contribution in [3.63, 3.8) is 0 Å². The molecule has 0 unspecified atom stereocenters. The number of rotatable bonds is 4. The zero-order valence-electron chi connectivity index (χ0n) is 13.3. The lowest BCUT2D eigenvalue weighted by atomic mass is 9.82. The summed E-state index contributed by atoms with van der Waals surface area (Å²) in [5.74, 6) is 1.62. The van der Waals surface area contributed by atoms with Crippen molar-refractivity contribution in [1.82, 2.24) is 4.90 Å². The highest BCUT2D eigenvalue weighted by molar-refractivity contribution is 6.01. The molecule has 0 saturated carbocycles. The largest absolute Gasteiger partial charge is 0.493 e. The third-order valence-corrected chi connectivity index (χ3v) is 4.59. The maximum absolute atomic E-state index is 12.8. The predicted octanol–water partition coefficient (Wildman–Crippen LogP) is 1.78. The molecule has 1 fully saturated rings. The van der Waals surface area contributed by atoms with Gasteiger partial charge in [-0.2, -0.15) is 0 Å². The van der Waals surface area contributed by atoms with Gasteiger partial charge in [0.15, 0.2) is 17.3 Å². The Balaban J connectivity index is 1.79. The van der Waals surface area contributed by atoms with Crippen LogP contribution < -0.4 is 9.47 Å². The summed E-state index contributed by atoms with van der Waals surface area (Å²) in [5.41, 5.74) is 1.86. The maximum atomic E-state index is 12.8. The fourth-order valence-electron chi connectivity index (χ4n) is 3.31. The van der Waals surface area contributed by atoms with E-state index in [9.17, 15) is 4.79 Å². The smallest absolute Gasteiger partial charge is 0.167 e. The number of benzene rings is 1. The normalized spacial score (nSPS) is 22.3. The number of nitrogens with zero attached hydrogens (tertiary/aromatic N) is 1. The quantitative estimate of drug-likeness (QED) is 0.848. The third kappa shape index (κ3) is 2.96. The van der Waals surface area contributed by atoms with E-state index in [2.05, 4.69) is 4.90 Å². The van der Waals surface area contributed by atoms with E-state index in [1.54, 1.807) is 14.2 Å². The molecule has 1 aliphatic heterocycles. The van der Waals surface area contributed by atoms with Crippen LogP contribution in [0.4, 0.5) is 0 Å². The molecule has 5 heteroatoms. The molecule has 120 valence electrons. The summed E-state index contributed by atoms with van der Waals surface area (Å²) in [6, 6.07) is 3.78. The fourth-order valence-corrected chi connectivity index (χ4v) is 3.31. The minimum atomic E-state index is 0.0729. The van der Waals surface area contributed by atoms with Gasteiger partial charge in [-0.1, -0.05) is 0 Å². The highest BCUT2D eigenvalue weighted by Gasteiger charge is 2.30. The summed E-state index contributed by atoms with van der Waals surface area (Å²) in [5, 5.41) is 0. The van der Waals surface area contributed by atoms with E-state index in [0.717, 1.165) is 56.8 Å². The number of ether oxygens (including phenoxy) is 3. The van der Waals surface area contributed by atoms with E-state index >= 15 is 0 Å². The van der Waals surface area contributed by atoms with Gasteiger partial charge in [0.25, 0.3) is 0 Å². The van der Waals surface area contributed by atoms with Crippen molar-refractivity contribution in [2.45, 2.75) is 12.8 Å². The zero-order valence-corrected chi connectivity index (χ0v) is 13.3. The van der Waals surface area contributed by atoms with E-state index in [-0.39, 0.29) is 11.7 Å². The van der Waals surface area contributed by atoms with Crippen molar-refractivity contribution < 1.29 is 19.0 Å². The van der Waals surface area contributed by atoms with Crippen LogP contribution in [0.1, 0.15) is 22.3 Å². The average molecular weight is 305 g/mol. The van der Waals surface area contributed by atoms with Crippen LogP contribution in [0.5, 0.6) is 11.5 Å². The van der Waals surface area contributed by atoms with Gasteiger partial charge in [0, 0.05) is 31.1 Å². The number of carbonyl (C=O) groups excluding carboxylic acids is 1. The molecule has 1 aromatic carbocycles. The van der Waals surface area contributed by atoms with Gasteiger partial charge in [0.1, 0.15) is 0 Å². The molecule has 22 heavy (non-hydrogen) atoms. The Morgan fingerprint density at radius 3 is 2.55 bits per heavy atom. The summed E-state index contributed by atoms with van der Waals surface area (Å²) < 4.78 is 16.0. The lowest BCUT2D eigenvalue weighted by molar-refractivity contribution is 0.0291. The third-order valence-electron chi connectivity index (χ3n) is 4.59. The Labute approximate surface area is 131 Å². The first kappa shape index (κ1) is 15.3. The van der Waals surface area contributed by atoms with Gasteiger partial charge in [0.2, 0.25) is 0 Å². The molecule has 3 rings (SSSR count). The van der Waals surface area contributed by atoms with E-state index < -0.39 is 0 Å². The fraction of sp³-hybridized carbons (Fsp3) is 0.588. The lowest BCUT2D eigenvalue weighted by Crippen LogP contribution is -2.42. The molecule has 1 aromatic rings. The van der Waals surface area contributed by atoms with E-state index in [1.807, 2.05) is 12.1 Å². The number of hydrogen-bond donors (Lipinski definition) is 0. The highest BCUT2D eigenvalue weighted by atomic mass is 16.5. The first-order valence-corrected chi connectivity index (χ1v) is 7.82. The molecular weight excluding hydrogens is 282 g/mol. The van der Waals surface area contributed by atoms with E-state index in [4.69, 9.17) is 14.2 Å². The van der Waals surface area contributed by atoms with Crippen LogP contribution in [0.2, 0.25) is 0 Å². The van der Waals surface area contributed by atoms with Crippen LogP contribution in [-0.4, -0.2) is 57.8 Å². The van der Waals surface area contributed by atoms with Crippen LogP contribution in [0, 0.1) is 5.92 Å². The molecular formula is C17H23NO4. The summed E-state index contributed by atoms with van der Waals surface area (Å²) >= 11 is 0. The van der Waals surface area contributed by atoms with Gasteiger partial charge in [-0.3, -0.25) is 9.69 Å². The van der Waals surface area contributed by atoms with Crippen molar-refractivity contribution in [3.8, 4) is 11.5 Å². The molecule has 1 atom stereocenters. The molecule has 0 bridgehead atoms. The molecule has 1 heterocycles. The zero-order chi connectivity index (χ0) is 15.5. The first-order valence-electron chi connectivity index (χ1n) is 7.82. The van der Waals surface area contributed by atoms with E-state index in [0.29, 0.717) is 11.5 Å². The number of carbonyl (C=O) groups is 1. The standard InChI is InChI=1S/C17H23NO4/c1-20-15-9-12-3-4-13(11-18-5-7-22-8-6-18)17(19)14(12)10-16(15)21-2/h9-10,13H,3-8,11H2,1-2H3/t13-/m0/s1. The summed E-state index contributed by atoms with van der Waals surface area (Å²) in [6.07, 6.45) is 1.81. The summed E-state index contributed by atoms with van der Waals surface area (Å²) in [4.78, 5) is 15.1. The number of fused-ring (bicyclic) bond motifs is 1. The van der Waals surface area contributed by atoms with Gasteiger partial charge in [-0.25, -0.2) is 0 Å². The summed E-state index contributed by atoms with van der Waals surface area (Å²) in [7, 11) is 3.22. The molecule has 0 aromatic heterocycles. The van der Waals surface area contributed by atoms with Gasteiger partial charge >= 0.3 is 0 Å². The lowest BCUT2D eigenvalue weighted by Gasteiger charge is -2.32. The second-order valence-corrected chi connectivity index (χ2v) is 5.88. The van der Waals surface area contributed by atoms with Crippen molar-refractivity contribution in [1.29, 1.82) is 0 Å². The van der Waals surface area contributed by atoms with Gasteiger partial charge in [-0.15, -0.1) is 0 Å². The first-order chi connectivity index (χ1) is 10.7. The Hall–Kier alpha value is -1.59. The monoisotopic (exact) mass is 305 g/mol. The highest BCUT2D eigenvalue weighted by Crippen LogP contribution is 2.35. The number of hydrogen-bond acceptors (Lipinski definition) is 5. The molecule has 2 aliphatic rings. The number of Topliss-reactive ketones (excluding diaryl/α,β-unsaturated/α-hetero) is 1. The Kier molecular flexibility index (Phi) is 4.64. The molecule has 5 nitrogen and oxygen atoms in total. The number of methoxy groups -OCH3 is 2. The van der Waals surface area contributed by atoms with Crippen molar-refractivity contribution in [2.75, 3.05) is 47.1 Å². The van der Waals surface area contributed by atoms with Crippen LogP contribution in [0.15, 0.2) is 12.1 Å². The van der Waals surface area contributed by atoms with Crippen LogP contribution in [0.3, 0.4) is 0 Å². The predicted molar refractivity (Wildman–Crippen MR) is 82.9 cm³/mol. The van der Waals surface area contributed by atoms with Gasteiger partial charge in [0.05, 0.1) is 27.4 Å². The second-order valence-electron chi connectivity index (χ2n) is 5.88. The minimum absolute atomic E-state index is 0.0729. The molecule has 0 N–H and O–H groups in total. The Morgan fingerprint density at radius 2 is 1.86 bits per heavy atom. The molecule has 0 radical (unpaired) electrons. The Morgan fingerprint density at radius 1 is 1.18 bits per heavy atom. The SMILES string of the molecule is COc1cc2c(cc1OC)C(=O)[C@H](CN1CCOCC1)CC2. The molecule has 1 aliphatic carbocycles. The van der Waals surface area contributed by atoms with Crippen LogP contribution in [0.25, 0.3) is 0 Å². The maximum Gasteiger partial charge on any atom is 0.167 e. The van der Waals surface area contributed by atoms with Crippen molar-refractivity contribution in [3.05, 3.63) is 23.3 Å². The number of aryl methyl sites for hydroxylation is 1. The van der Waals surface area contributed by atoms with Gasteiger partial charge in [-0.05, 0) is 30.5 Å². The molecule has 1 saturated heterocycles. The molecule has 0 spiro atoms. The summed E-state index contributed by atoms with van der Waals surface area (Å²) in [6.45, 7) is 4.20. The number of morpholine rings is 1. The number of ketones is 1. The second kappa shape index (κ2) is 6.67. The average Bonchev–Trinajstić information content (AvgIpc) is 2.57. The van der Waals surface area contributed by atoms with Crippen molar-refractivity contribution in [2.24, 2.45) is 5.92 Å². The topological polar surface area (TPSA) is 48.0 Å². The van der Waals surface area contributed by atoms with Crippen LogP contribution in [-0.2, 0) is 11.2 Å². The van der Waals surface area contributed by atoms with E-state index in [1.165, 1.54) is 0 Å². The minimum Gasteiger partial charge on any atom is -0.493 e. The van der Waals surface area contributed by atoms with Crippen LogP contribution >= 0.6 is 0 Å². The molecule has 0 amide bonds.